The van der Waals surface area contributed by atoms with Gasteiger partial charge in [0.2, 0.25) is 0 Å². The zero-order valence-corrected chi connectivity index (χ0v) is 9.87. The van der Waals surface area contributed by atoms with Gasteiger partial charge >= 0.3 is 0 Å². The summed E-state index contributed by atoms with van der Waals surface area (Å²) in [6.07, 6.45) is 0. The first-order chi connectivity index (χ1) is 7.74. The van der Waals surface area contributed by atoms with E-state index < -0.39 is 0 Å². The van der Waals surface area contributed by atoms with Crippen LogP contribution in [0.2, 0.25) is 0 Å². The average molecular weight is 216 g/mol. The van der Waals surface area contributed by atoms with Crippen molar-refractivity contribution in [2.75, 3.05) is 19.0 Å². The lowest BCUT2D eigenvalue weighted by Crippen LogP contribution is -1.99. The minimum atomic E-state index is 0.859. The second kappa shape index (κ2) is 4.39. The molecule has 0 radical (unpaired) electrons. The molecule has 3 nitrogen and oxygen atoms in total. The molecule has 0 bridgehead atoms. The van der Waals surface area contributed by atoms with Crippen molar-refractivity contribution in [1.29, 1.82) is 0 Å². The standard InChI is InChI=1S/C13H16N2O/c1-4-14-13-7-9(2)15-12-6-5-10(16-3)8-11(12)13/h5-8H,4H2,1-3H3,(H,14,15). The molecule has 3 heteroatoms. The summed E-state index contributed by atoms with van der Waals surface area (Å²) in [6.45, 7) is 4.99. The lowest BCUT2D eigenvalue weighted by molar-refractivity contribution is 0.415. The first-order valence-electron chi connectivity index (χ1n) is 5.44. The Morgan fingerprint density at radius 3 is 2.81 bits per heavy atom. The van der Waals surface area contributed by atoms with E-state index in [1.165, 1.54) is 0 Å². The Labute approximate surface area is 95.5 Å². The Kier molecular flexibility index (Phi) is 2.95. The minimum Gasteiger partial charge on any atom is -0.497 e. The van der Waals surface area contributed by atoms with Crippen molar-refractivity contribution in [2.24, 2.45) is 0 Å². The van der Waals surface area contributed by atoms with Crippen molar-refractivity contribution < 1.29 is 4.74 Å². The first kappa shape index (κ1) is 10.7. The molecule has 0 spiro atoms. The van der Waals surface area contributed by atoms with E-state index in [1.54, 1.807) is 7.11 Å². The topological polar surface area (TPSA) is 34.2 Å². The molecule has 1 aromatic heterocycles. The summed E-state index contributed by atoms with van der Waals surface area (Å²) in [5, 5.41) is 4.45. The summed E-state index contributed by atoms with van der Waals surface area (Å²) in [6, 6.07) is 8.00. The lowest BCUT2D eigenvalue weighted by atomic mass is 10.1. The number of nitrogens with one attached hydrogen (secondary N) is 1. The summed E-state index contributed by atoms with van der Waals surface area (Å²) < 4.78 is 5.23. The zero-order chi connectivity index (χ0) is 11.5. The SMILES string of the molecule is CCNc1cc(C)nc2ccc(OC)cc12. The van der Waals surface area contributed by atoms with Crippen LogP contribution in [0.25, 0.3) is 10.9 Å². The number of pyridine rings is 1. The van der Waals surface area contributed by atoms with Gasteiger partial charge in [-0.25, -0.2) is 0 Å². The second-order valence-corrected chi connectivity index (χ2v) is 3.72. The van der Waals surface area contributed by atoms with Gasteiger partial charge in [-0.3, -0.25) is 4.98 Å². The van der Waals surface area contributed by atoms with E-state index in [9.17, 15) is 0 Å². The van der Waals surface area contributed by atoms with Crippen molar-refractivity contribution in [3.63, 3.8) is 0 Å². The van der Waals surface area contributed by atoms with Crippen LogP contribution in [0.4, 0.5) is 5.69 Å². The molecule has 0 aliphatic carbocycles. The molecule has 0 fully saturated rings. The number of aromatic nitrogens is 1. The fourth-order valence-electron chi connectivity index (χ4n) is 1.80. The van der Waals surface area contributed by atoms with Crippen LogP contribution in [0.15, 0.2) is 24.3 Å². The van der Waals surface area contributed by atoms with Gasteiger partial charge in [0.1, 0.15) is 5.75 Å². The number of hydrogen-bond donors (Lipinski definition) is 1. The number of fused-ring (bicyclic) bond motifs is 1. The van der Waals surface area contributed by atoms with E-state index in [-0.39, 0.29) is 0 Å². The number of ether oxygens (including phenoxy) is 1. The quantitative estimate of drug-likeness (QED) is 0.856. The third-order valence-electron chi connectivity index (χ3n) is 2.51. The monoisotopic (exact) mass is 216 g/mol. The maximum absolute atomic E-state index is 5.23. The number of aryl methyl sites for hydroxylation is 1. The van der Waals surface area contributed by atoms with Crippen molar-refractivity contribution in [2.45, 2.75) is 13.8 Å². The van der Waals surface area contributed by atoms with E-state index in [2.05, 4.69) is 23.3 Å². The highest BCUT2D eigenvalue weighted by Gasteiger charge is 2.04. The largest absolute Gasteiger partial charge is 0.497 e. The highest BCUT2D eigenvalue weighted by atomic mass is 16.5. The van der Waals surface area contributed by atoms with Crippen molar-refractivity contribution in [3.8, 4) is 5.75 Å². The number of hydrogen-bond acceptors (Lipinski definition) is 3. The van der Waals surface area contributed by atoms with Gasteiger partial charge in [-0.15, -0.1) is 0 Å². The molecule has 0 unspecified atom stereocenters. The van der Waals surface area contributed by atoms with E-state index in [1.807, 2.05) is 25.1 Å². The van der Waals surface area contributed by atoms with Gasteiger partial charge in [0.05, 0.1) is 12.6 Å². The van der Waals surface area contributed by atoms with Gasteiger partial charge in [-0.2, -0.15) is 0 Å². The van der Waals surface area contributed by atoms with Crippen molar-refractivity contribution >= 4 is 16.6 Å². The first-order valence-corrected chi connectivity index (χ1v) is 5.44. The van der Waals surface area contributed by atoms with Gasteiger partial charge in [0.15, 0.2) is 0 Å². The van der Waals surface area contributed by atoms with Crippen LogP contribution in [0, 0.1) is 6.92 Å². The van der Waals surface area contributed by atoms with Crippen LogP contribution >= 0.6 is 0 Å². The van der Waals surface area contributed by atoms with Gasteiger partial charge < -0.3 is 10.1 Å². The molecule has 0 aliphatic heterocycles. The Balaban J connectivity index is 2.65. The molecule has 0 aliphatic rings. The van der Waals surface area contributed by atoms with E-state index in [0.29, 0.717) is 0 Å². The van der Waals surface area contributed by atoms with Crippen LogP contribution in [0.5, 0.6) is 5.75 Å². The van der Waals surface area contributed by atoms with Gasteiger partial charge in [0.25, 0.3) is 0 Å². The molecule has 84 valence electrons. The van der Waals surface area contributed by atoms with E-state index in [0.717, 1.165) is 34.6 Å². The summed E-state index contributed by atoms with van der Waals surface area (Å²) in [7, 11) is 1.68. The summed E-state index contributed by atoms with van der Waals surface area (Å²) >= 11 is 0. The maximum atomic E-state index is 5.23. The fourth-order valence-corrected chi connectivity index (χ4v) is 1.80. The molecule has 0 saturated heterocycles. The highest BCUT2D eigenvalue weighted by Crippen LogP contribution is 2.26. The molecular weight excluding hydrogens is 200 g/mol. The second-order valence-electron chi connectivity index (χ2n) is 3.72. The minimum absolute atomic E-state index is 0.859. The number of anilines is 1. The molecule has 2 rings (SSSR count). The van der Waals surface area contributed by atoms with Gasteiger partial charge in [0, 0.05) is 23.3 Å². The summed E-state index contributed by atoms with van der Waals surface area (Å²) in [5.74, 6) is 0.859. The van der Waals surface area contributed by atoms with Crippen LogP contribution in [-0.2, 0) is 0 Å². The predicted molar refractivity (Wildman–Crippen MR) is 67.2 cm³/mol. The van der Waals surface area contributed by atoms with Crippen LogP contribution in [0.1, 0.15) is 12.6 Å². The summed E-state index contributed by atoms with van der Waals surface area (Å²) in [4.78, 5) is 4.50. The van der Waals surface area contributed by atoms with E-state index in [4.69, 9.17) is 4.74 Å². The molecule has 1 N–H and O–H groups in total. The van der Waals surface area contributed by atoms with Gasteiger partial charge in [-0.1, -0.05) is 0 Å². The van der Waals surface area contributed by atoms with Crippen LogP contribution in [-0.4, -0.2) is 18.6 Å². The normalized spacial score (nSPS) is 10.4. The number of methoxy groups -OCH3 is 1. The number of rotatable bonds is 3. The van der Waals surface area contributed by atoms with Crippen LogP contribution < -0.4 is 10.1 Å². The Morgan fingerprint density at radius 2 is 2.12 bits per heavy atom. The Hall–Kier alpha value is -1.77. The third kappa shape index (κ3) is 1.94. The zero-order valence-electron chi connectivity index (χ0n) is 9.87. The lowest BCUT2D eigenvalue weighted by Gasteiger charge is -2.10. The third-order valence-corrected chi connectivity index (χ3v) is 2.51. The maximum Gasteiger partial charge on any atom is 0.119 e. The van der Waals surface area contributed by atoms with E-state index >= 15 is 0 Å². The average Bonchev–Trinajstić information content (AvgIpc) is 2.29. The Bertz CT molecular complexity index is 509. The summed E-state index contributed by atoms with van der Waals surface area (Å²) in [5.41, 5.74) is 3.13. The smallest absolute Gasteiger partial charge is 0.119 e. The molecule has 2 aromatic rings. The number of nitrogens with zero attached hydrogens (tertiary/aromatic N) is 1. The molecular formula is C13H16N2O. The van der Waals surface area contributed by atoms with Crippen molar-refractivity contribution in [1.82, 2.24) is 4.98 Å². The molecule has 1 aromatic carbocycles. The fraction of sp³-hybridized carbons (Fsp3) is 0.308. The molecule has 0 amide bonds. The number of benzene rings is 1. The molecule has 0 atom stereocenters. The molecule has 16 heavy (non-hydrogen) atoms. The molecule has 0 saturated carbocycles. The Morgan fingerprint density at radius 1 is 1.31 bits per heavy atom. The van der Waals surface area contributed by atoms with Crippen LogP contribution in [0.3, 0.4) is 0 Å². The van der Waals surface area contributed by atoms with Gasteiger partial charge in [-0.05, 0) is 38.1 Å². The predicted octanol–water partition coefficient (Wildman–Crippen LogP) is 2.98. The highest BCUT2D eigenvalue weighted by molar-refractivity contribution is 5.92. The van der Waals surface area contributed by atoms with Crippen molar-refractivity contribution in [3.05, 3.63) is 30.0 Å². The molecule has 1 heterocycles.